The van der Waals surface area contributed by atoms with Gasteiger partial charge in [0.15, 0.2) is 5.79 Å². The van der Waals surface area contributed by atoms with Gasteiger partial charge in [-0.25, -0.2) is 0 Å². The van der Waals surface area contributed by atoms with Crippen LogP contribution in [0.2, 0.25) is 0 Å². The van der Waals surface area contributed by atoms with E-state index >= 15 is 0 Å². The lowest BCUT2D eigenvalue weighted by Gasteiger charge is -2.66. The van der Waals surface area contributed by atoms with Gasteiger partial charge in [0.1, 0.15) is 0 Å². The van der Waals surface area contributed by atoms with Crippen LogP contribution in [0, 0.1) is 34.5 Å². The highest BCUT2D eigenvalue weighted by atomic mass is 32.2. The van der Waals surface area contributed by atoms with Crippen LogP contribution in [0.5, 0.6) is 0 Å². The Balaban J connectivity index is 1.59. The summed E-state index contributed by atoms with van der Waals surface area (Å²) in [5, 5.41) is 10.9. The molecule has 0 radical (unpaired) electrons. The monoisotopic (exact) mass is 406 g/mol. The van der Waals surface area contributed by atoms with Gasteiger partial charge in [0.25, 0.3) is 0 Å². The van der Waals surface area contributed by atoms with Crippen molar-refractivity contribution in [1.29, 1.82) is 0 Å². The highest BCUT2D eigenvalue weighted by Crippen LogP contribution is 2.69. The van der Waals surface area contributed by atoms with E-state index in [4.69, 9.17) is 8.92 Å². The van der Waals surface area contributed by atoms with Gasteiger partial charge in [-0.1, -0.05) is 25.5 Å². The van der Waals surface area contributed by atoms with Crippen molar-refractivity contribution in [2.45, 2.75) is 103 Å². The first-order valence-corrected chi connectivity index (χ1v) is 12.4. The van der Waals surface area contributed by atoms with Crippen LogP contribution in [-0.4, -0.2) is 28.4 Å². The Morgan fingerprint density at radius 3 is 2.57 bits per heavy atom. The van der Waals surface area contributed by atoms with Crippen LogP contribution in [0.15, 0.2) is 11.6 Å². The topological polar surface area (TPSA) is 38.7 Å². The molecule has 1 aliphatic heterocycles. The van der Waals surface area contributed by atoms with E-state index < -0.39 is 5.79 Å². The zero-order chi connectivity index (χ0) is 19.9. The zero-order valence-electron chi connectivity index (χ0n) is 18.2. The first-order chi connectivity index (χ1) is 13.2. The third-order valence-electron chi connectivity index (χ3n) is 9.64. The SMILES string of the molecule is C/C=C1/CCC2C3C(CC[C@]12C)[C@@]1(C)CC[C@H](O)CC1C1SOC(C)(C)O[C@@H]13. The number of fused-ring (bicyclic) bond motifs is 8. The standard InChI is InChI=1S/C24H38O3S/c1-6-14-7-8-16-19-17(10-12-23(14,16)4)24(5)11-9-15(25)13-18(24)21-20(19)26-22(2,3)27-28-21/h6,15-21,25H,7-13H2,1-5H3/b14-6-/t15-,16?,17?,18?,19?,20+,21?,23+,24+/m0/s1. The third kappa shape index (κ3) is 2.66. The molecule has 5 unspecified atom stereocenters. The maximum atomic E-state index is 10.5. The van der Waals surface area contributed by atoms with Crippen molar-refractivity contribution in [2.75, 3.05) is 0 Å². The molecule has 5 rings (SSSR count). The Hall–Kier alpha value is -0.0300. The summed E-state index contributed by atoms with van der Waals surface area (Å²) in [6.45, 7) is 11.5. The van der Waals surface area contributed by atoms with Crippen LogP contribution in [0.3, 0.4) is 0 Å². The predicted molar refractivity (Wildman–Crippen MR) is 114 cm³/mol. The van der Waals surface area contributed by atoms with Gasteiger partial charge in [0, 0.05) is 12.0 Å². The van der Waals surface area contributed by atoms with Crippen LogP contribution < -0.4 is 0 Å². The van der Waals surface area contributed by atoms with E-state index in [2.05, 4.69) is 40.7 Å². The minimum atomic E-state index is -0.521. The Morgan fingerprint density at radius 2 is 1.82 bits per heavy atom. The first-order valence-electron chi connectivity index (χ1n) is 11.6. The summed E-state index contributed by atoms with van der Waals surface area (Å²) in [5.74, 6) is 2.04. The molecular formula is C24H38O3S. The molecule has 5 fully saturated rings. The lowest BCUT2D eigenvalue weighted by atomic mass is 9.44. The number of hydrogen-bond donors (Lipinski definition) is 1. The van der Waals surface area contributed by atoms with Crippen molar-refractivity contribution in [3.8, 4) is 0 Å². The maximum absolute atomic E-state index is 10.5. The fourth-order valence-corrected chi connectivity index (χ4v) is 9.58. The second-order valence-electron chi connectivity index (χ2n) is 11.3. The van der Waals surface area contributed by atoms with Gasteiger partial charge in [-0.2, -0.15) is 0 Å². The molecule has 4 heteroatoms. The first kappa shape index (κ1) is 19.9. The van der Waals surface area contributed by atoms with Crippen molar-refractivity contribution in [1.82, 2.24) is 0 Å². The Kier molecular flexibility index (Phi) is 4.61. The molecule has 5 aliphatic rings. The van der Waals surface area contributed by atoms with E-state index in [1.807, 2.05) is 0 Å². The lowest BCUT2D eigenvalue weighted by molar-refractivity contribution is -0.261. The molecule has 1 N–H and O–H groups in total. The van der Waals surface area contributed by atoms with Gasteiger partial charge < -0.3 is 9.84 Å². The van der Waals surface area contributed by atoms with Gasteiger partial charge in [-0.3, -0.25) is 4.18 Å². The fourth-order valence-electron chi connectivity index (χ4n) is 8.29. The largest absolute Gasteiger partial charge is 0.393 e. The van der Waals surface area contributed by atoms with Crippen LogP contribution in [0.25, 0.3) is 0 Å². The molecule has 0 spiro atoms. The van der Waals surface area contributed by atoms with Crippen LogP contribution >= 0.6 is 12.0 Å². The normalized spacial score (nSPS) is 56.5. The van der Waals surface area contributed by atoms with Gasteiger partial charge in [0.05, 0.1) is 17.5 Å². The molecule has 4 aliphatic carbocycles. The Morgan fingerprint density at radius 1 is 1.04 bits per heavy atom. The van der Waals surface area contributed by atoms with Crippen molar-refractivity contribution in [3.63, 3.8) is 0 Å². The molecule has 0 aromatic heterocycles. The van der Waals surface area contributed by atoms with E-state index in [0.29, 0.717) is 27.9 Å². The third-order valence-corrected chi connectivity index (χ3v) is 11.0. The highest BCUT2D eigenvalue weighted by molar-refractivity contribution is 7.95. The van der Waals surface area contributed by atoms with Crippen LogP contribution in [0.1, 0.15) is 79.6 Å². The summed E-state index contributed by atoms with van der Waals surface area (Å²) in [6, 6.07) is 0. The summed E-state index contributed by atoms with van der Waals surface area (Å²) in [4.78, 5) is 0. The summed E-state index contributed by atoms with van der Waals surface area (Å²) >= 11 is 1.68. The highest BCUT2D eigenvalue weighted by Gasteiger charge is 2.66. The van der Waals surface area contributed by atoms with Gasteiger partial charge in [-0.15, -0.1) is 0 Å². The van der Waals surface area contributed by atoms with Gasteiger partial charge >= 0.3 is 0 Å². The van der Waals surface area contributed by atoms with E-state index in [-0.39, 0.29) is 12.2 Å². The van der Waals surface area contributed by atoms with Crippen LogP contribution in [-0.2, 0) is 8.92 Å². The number of aliphatic hydroxyl groups is 1. The molecule has 0 amide bonds. The molecule has 4 saturated carbocycles. The second kappa shape index (κ2) is 6.48. The zero-order valence-corrected chi connectivity index (χ0v) is 19.1. The van der Waals surface area contributed by atoms with E-state index in [0.717, 1.165) is 31.1 Å². The van der Waals surface area contributed by atoms with Crippen molar-refractivity contribution in [2.24, 2.45) is 34.5 Å². The van der Waals surface area contributed by atoms with Crippen molar-refractivity contribution >= 4 is 12.0 Å². The molecule has 28 heavy (non-hydrogen) atoms. The Labute approximate surface area is 175 Å². The molecule has 0 bridgehead atoms. The number of ether oxygens (including phenoxy) is 1. The van der Waals surface area contributed by atoms with E-state index in [1.54, 1.807) is 17.6 Å². The quantitative estimate of drug-likeness (QED) is 0.412. The molecule has 0 aromatic rings. The molecular weight excluding hydrogens is 368 g/mol. The van der Waals surface area contributed by atoms with Crippen LogP contribution in [0.4, 0.5) is 0 Å². The second-order valence-corrected chi connectivity index (χ2v) is 12.2. The summed E-state index contributed by atoms with van der Waals surface area (Å²) in [5.41, 5.74) is 2.36. The average molecular weight is 407 g/mol. The number of aliphatic hydroxyl groups excluding tert-OH is 1. The number of rotatable bonds is 0. The van der Waals surface area contributed by atoms with Gasteiger partial charge in [0.2, 0.25) is 0 Å². The van der Waals surface area contributed by atoms with Gasteiger partial charge in [-0.05, 0) is 100 Å². The predicted octanol–water partition coefficient (Wildman–Crippen LogP) is 5.72. The van der Waals surface area contributed by atoms with Crippen molar-refractivity contribution in [3.05, 3.63) is 11.6 Å². The van der Waals surface area contributed by atoms with Crippen molar-refractivity contribution < 1.29 is 14.0 Å². The Bertz CT molecular complexity index is 675. The minimum Gasteiger partial charge on any atom is -0.393 e. The fraction of sp³-hybridized carbons (Fsp3) is 0.917. The summed E-state index contributed by atoms with van der Waals surface area (Å²) in [6.07, 6.45) is 10.8. The molecule has 9 atom stereocenters. The smallest absolute Gasteiger partial charge is 0.176 e. The summed E-state index contributed by atoms with van der Waals surface area (Å²) in [7, 11) is 0. The minimum absolute atomic E-state index is 0.152. The van der Waals surface area contributed by atoms with E-state index in [1.165, 1.54) is 25.7 Å². The molecule has 0 aromatic carbocycles. The molecule has 158 valence electrons. The molecule has 3 nitrogen and oxygen atoms in total. The number of hydrogen-bond acceptors (Lipinski definition) is 4. The molecule has 1 saturated heterocycles. The average Bonchev–Trinajstić information content (AvgIpc) is 2.98. The lowest BCUT2D eigenvalue weighted by Crippen LogP contribution is -2.66. The molecule has 1 heterocycles. The summed E-state index contributed by atoms with van der Waals surface area (Å²) < 4.78 is 12.9. The van der Waals surface area contributed by atoms with E-state index in [9.17, 15) is 5.11 Å². The maximum Gasteiger partial charge on any atom is 0.176 e. The number of allylic oxidation sites excluding steroid dienone is 2.